The number of nitrogens with zero attached hydrogens (tertiary/aromatic N) is 2. The van der Waals surface area contributed by atoms with Crippen LogP contribution in [0.15, 0.2) is 42.6 Å². The van der Waals surface area contributed by atoms with Crippen LogP contribution in [0.3, 0.4) is 0 Å². The van der Waals surface area contributed by atoms with Crippen molar-refractivity contribution in [1.82, 2.24) is 9.88 Å². The predicted molar refractivity (Wildman–Crippen MR) is 96.7 cm³/mol. The first-order valence-electron chi connectivity index (χ1n) is 8.42. The topological polar surface area (TPSA) is 97.8 Å². The van der Waals surface area contributed by atoms with Crippen LogP contribution in [0, 0.1) is 0 Å². The van der Waals surface area contributed by atoms with E-state index in [0.29, 0.717) is 37.6 Å². The number of morpholine rings is 1. The molecule has 1 aromatic carbocycles. The molecular formula is C19H19N3O5. The predicted octanol–water partition coefficient (Wildman–Crippen LogP) is 1.59. The van der Waals surface area contributed by atoms with Crippen LogP contribution in [0.4, 0.5) is 5.69 Å². The van der Waals surface area contributed by atoms with Gasteiger partial charge < -0.3 is 19.7 Å². The Morgan fingerprint density at radius 2 is 1.89 bits per heavy atom. The molecule has 1 N–H and O–H groups in total. The van der Waals surface area contributed by atoms with Crippen LogP contribution in [0.1, 0.15) is 31.2 Å². The molecule has 1 aliphatic rings. The molecule has 8 nitrogen and oxygen atoms in total. The van der Waals surface area contributed by atoms with Crippen molar-refractivity contribution in [2.24, 2.45) is 0 Å². The second-order valence-corrected chi connectivity index (χ2v) is 5.83. The first-order valence-corrected chi connectivity index (χ1v) is 8.42. The zero-order valence-corrected chi connectivity index (χ0v) is 14.8. The SMILES string of the molecule is COC(=O)c1ccccc1NC(=O)c1cc(C(=O)N2CCOCC2)ccn1. The van der Waals surface area contributed by atoms with E-state index in [1.807, 2.05) is 0 Å². The van der Waals surface area contributed by atoms with Gasteiger partial charge in [0.2, 0.25) is 0 Å². The quantitative estimate of drug-likeness (QED) is 0.822. The van der Waals surface area contributed by atoms with Crippen molar-refractivity contribution in [3.8, 4) is 0 Å². The molecule has 2 amide bonds. The Balaban J connectivity index is 1.78. The standard InChI is InChI=1S/C19H19N3O5/c1-26-19(25)14-4-2-3-5-15(14)21-17(23)16-12-13(6-7-20-16)18(24)22-8-10-27-11-9-22/h2-7,12H,8-11H2,1H3,(H,21,23). The molecule has 2 heterocycles. The van der Waals surface area contributed by atoms with E-state index in [4.69, 9.17) is 9.47 Å². The van der Waals surface area contributed by atoms with Crippen LogP contribution in [-0.2, 0) is 9.47 Å². The molecule has 0 atom stereocenters. The molecule has 0 spiro atoms. The molecule has 3 rings (SSSR count). The van der Waals surface area contributed by atoms with Crippen molar-refractivity contribution in [2.45, 2.75) is 0 Å². The summed E-state index contributed by atoms with van der Waals surface area (Å²) in [4.78, 5) is 42.7. The normalized spacial score (nSPS) is 13.7. The van der Waals surface area contributed by atoms with Crippen LogP contribution in [0.2, 0.25) is 0 Å². The minimum Gasteiger partial charge on any atom is -0.465 e. The number of nitrogens with one attached hydrogen (secondary N) is 1. The Morgan fingerprint density at radius 1 is 1.15 bits per heavy atom. The zero-order chi connectivity index (χ0) is 19.2. The summed E-state index contributed by atoms with van der Waals surface area (Å²) in [6, 6.07) is 9.50. The molecular weight excluding hydrogens is 350 g/mol. The molecule has 0 bridgehead atoms. The second-order valence-electron chi connectivity index (χ2n) is 5.83. The minimum absolute atomic E-state index is 0.0776. The number of carbonyl (C=O) groups excluding carboxylic acids is 3. The molecule has 1 aromatic heterocycles. The summed E-state index contributed by atoms with van der Waals surface area (Å²) in [7, 11) is 1.27. The van der Waals surface area contributed by atoms with Crippen molar-refractivity contribution in [3.05, 3.63) is 59.4 Å². The number of para-hydroxylation sites is 1. The number of hydrogen-bond acceptors (Lipinski definition) is 6. The summed E-state index contributed by atoms with van der Waals surface area (Å²) in [6.07, 6.45) is 1.41. The van der Waals surface area contributed by atoms with Crippen molar-refractivity contribution >= 4 is 23.5 Å². The Kier molecular flexibility index (Phi) is 5.77. The highest BCUT2D eigenvalue weighted by molar-refractivity contribution is 6.08. The first kappa shape index (κ1) is 18.5. The lowest BCUT2D eigenvalue weighted by molar-refractivity contribution is 0.0303. The van der Waals surface area contributed by atoms with Gasteiger partial charge in [-0.05, 0) is 24.3 Å². The monoisotopic (exact) mass is 369 g/mol. The number of rotatable bonds is 4. The Labute approximate surface area is 156 Å². The molecule has 0 unspecified atom stereocenters. The van der Waals surface area contributed by atoms with Gasteiger partial charge in [0.15, 0.2) is 0 Å². The smallest absolute Gasteiger partial charge is 0.339 e. The maximum absolute atomic E-state index is 12.6. The number of aromatic nitrogens is 1. The summed E-state index contributed by atoms with van der Waals surface area (Å²) in [5.74, 6) is -1.26. The van der Waals surface area contributed by atoms with E-state index < -0.39 is 11.9 Å². The number of ether oxygens (including phenoxy) is 2. The van der Waals surface area contributed by atoms with E-state index in [-0.39, 0.29) is 17.2 Å². The molecule has 0 radical (unpaired) electrons. The number of carbonyl (C=O) groups is 3. The van der Waals surface area contributed by atoms with E-state index in [9.17, 15) is 14.4 Å². The molecule has 1 saturated heterocycles. The fourth-order valence-electron chi connectivity index (χ4n) is 2.70. The maximum Gasteiger partial charge on any atom is 0.339 e. The molecule has 0 aliphatic carbocycles. The maximum atomic E-state index is 12.6. The van der Waals surface area contributed by atoms with Crippen LogP contribution in [0.25, 0.3) is 0 Å². The van der Waals surface area contributed by atoms with E-state index in [1.165, 1.54) is 19.4 Å². The van der Waals surface area contributed by atoms with Crippen LogP contribution in [0.5, 0.6) is 0 Å². The second kappa shape index (κ2) is 8.41. The Morgan fingerprint density at radius 3 is 2.63 bits per heavy atom. The summed E-state index contributed by atoms with van der Waals surface area (Å²) in [6.45, 7) is 2.01. The Hall–Kier alpha value is -3.26. The lowest BCUT2D eigenvalue weighted by Gasteiger charge is -2.26. The summed E-state index contributed by atoms with van der Waals surface area (Å²) < 4.78 is 9.96. The molecule has 1 fully saturated rings. The van der Waals surface area contributed by atoms with Gasteiger partial charge in [0, 0.05) is 24.8 Å². The van der Waals surface area contributed by atoms with Gasteiger partial charge in [0.1, 0.15) is 5.69 Å². The fourth-order valence-corrected chi connectivity index (χ4v) is 2.70. The van der Waals surface area contributed by atoms with E-state index in [2.05, 4.69) is 10.3 Å². The molecule has 2 aromatic rings. The third-order valence-corrected chi connectivity index (χ3v) is 4.12. The van der Waals surface area contributed by atoms with Gasteiger partial charge in [-0.3, -0.25) is 14.6 Å². The average molecular weight is 369 g/mol. The lowest BCUT2D eigenvalue weighted by Crippen LogP contribution is -2.40. The number of amides is 2. The van der Waals surface area contributed by atoms with Crippen molar-refractivity contribution in [2.75, 3.05) is 38.7 Å². The molecule has 27 heavy (non-hydrogen) atoms. The largest absolute Gasteiger partial charge is 0.465 e. The van der Waals surface area contributed by atoms with Crippen LogP contribution >= 0.6 is 0 Å². The number of anilines is 1. The van der Waals surface area contributed by atoms with E-state index in [1.54, 1.807) is 35.2 Å². The number of hydrogen-bond donors (Lipinski definition) is 1. The Bertz CT molecular complexity index is 862. The highest BCUT2D eigenvalue weighted by atomic mass is 16.5. The lowest BCUT2D eigenvalue weighted by atomic mass is 10.1. The van der Waals surface area contributed by atoms with Gasteiger partial charge in [0.25, 0.3) is 11.8 Å². The van der Waals surface area contributed by atoms with Crippen LogP contribution < -0.4 is 5.32 Å². The van der Waals surface area contributed by atoms with Gasteiger partial charge in [-0.25, -0.2) is 4.79 Å². The van der Waals surface area contributed by atoms with E-state index >= 15 is 0 Å². The third kappa shape index (κ3) is 4.29. The summed E-state index contributed by atoms with van der Waals surface area (Å²) in [5.41, 5.74) is 0.988. The molecule has 0 saturated carbocycles. The zero-order valence-electron chi connectivity index (χ0n) is 14.8. The first-order chi connectivity index (χ1) is 13.1. The minimum atomic E-state index is -0.560. The van der Waals surface area contributed by atoms with Gasteiger partial charge in [0.05, 0.1) is 31.6 Å². The molecule has 8 heteroatoms. The third-order valence-electron chi connectivity index (χ3n) is 4.12. The van der Waals surface area contributed by atoms with Gasteiger partial charge in [-0.15, -0.1) is 0 Å². The van der Waals surface area contributed by atoms with E-state index in [0.717, 1.165) is 0 Å². The highest BCUT2D eigenvalue weighted by Gasteiger charge is 2.20. The molecule has 1 aliphatic heterocycles. The van der Waals surface area contributed by atoms with Crippen molar-refractivity contribution in [1.29, 1.82) is 0 Å². The summed E-state index contributed by atoms with van der Waals surface area (Å²) in [5, 5.41) is 2.64. The van der Waals surface area contributed by atoms with Gasteiger partial charge in [-0.1, -0.05) is 12.1 Å². The number of methoxy groups -OCH3 is 1. The number of benzene rings is 1. The van der Waals surface area contributed by atoms with Gasteiger partial charge >= 0.3 is 5.97 Å². The van der Waals surface area contributed by atoms with Crippen molar-refractivity contribution in [3.63, 3.8) is 0 Å². The number of pyridine rings is 1. The van der Waals surface area contributed by atoms with Crippen molar-refractivity contribution < 1.29 is 23.9 Å². The highest BCUT2D eigenvalue weighted by Crippen LogP contribution is 2.17. The average Bonchev–Trinajstić information content (AvgIpc) is 2.73. The number of esters is 1. The van der Waals surface area contributed by atoms with Gasteiger partial charge in [-0.2, -0.15) is 0 Å². The summed E-state index contributed by atoms with van der Waals surface area (Å²) >= 11 is 0. The molecule has 140 valence electrons. The fraction of sp³-hybridized carbons (Fsp3) is 0.263. The van der Waals surface area contributed by atoms with Crippen LogP contribution in [-0.4, -0.2) is 61.1 Å².